The Hall–Kier alpha value is -1.84. The number of hydrogen-bond acceptors (Lipinski definition) is 6. The number of ether oxygens (including phenoxy) is 2. The number of sulfonamides is 1. The Bertz CT molecular complexity index is 717. The Morgan fingerprint density at radius 2 is 1.91 bits per heavy atom. The zero-order valence-electron chi connectivity index (χ0n) is 12.7. The number of aliphatic carboxylic acids is 1. The van der Waals surface area contributed by atoms with Gasteiger partial charge in [-0.15, -0.1) is 0 Å². The Kier molecular flexibility index (Phi) is 6.37. The summed E-state index contributed by atoms with van der Waals surface area (Å²) in [5, 5.41) is 8.66. The minimum absolute atomic E-state index is 0.00332. The molecule has 0 saturated carbocycles. The van der Waals surface area contributed by atoms with E-state index in [1.807, 2.05) is 0 Å². The molecule has 1 aromatic carbocycles. The van der Waals surface area contributed by atoms with Crippen LogP contribution >= 0.6 is 11.6 Å². The maximum Gasteiger partial charge on any atom is 0.341 e. The van der Waals surface area contributed by atoms with Crippen LogP contribution in [0.4, 0.5) is 0 Å². The standard InChI is InChI=1S/C13H16ClNO7S/c1-15(5-4-11(16)17)23(19,20)10-7-8(14)6-9(12(10)21-2)13(18)22-3/h6-7H,4-5H2,1-3H3,(H,16,17). The second-order valence-electron chi connectivity index (χ2n) is 4.45. The summed E-state index contributed by atoms with van der Waals surface area (Å²) in [6.45, 7) is -0.249. The zero-order valence-corrected chi connectivity index (χ0v) is 14.3. The molecule has 0 fully saturated rings. The van der Waals surface area contributed by atoms with Gasteiger partial charge in [-0.2, -0.15) is 0 Å². The maximum atomic E-state index is 12.6. The summed E-state index contributed by atoms with van der Waals surface area (Å²) >= 11 is 5.88. The molecule has 0 saturated heterocycles. The number of benzene rings is 1. The first-order valence-corrected chi connectivity index (χ1v) is 8.11. The first-order chi connectivity index (χ1) is 10.6. The van der Waals surface area contributed by atoms with Crippen LogP contribution in [0, 0.1) is 0 Å². The van der Waals surface area contributed by atoms with Crippen LogP contribution in [0.15, 0.2) is 17.0 Å². The summed E-state index contributed by atoms with van der Waals surface area (Å²) in [6.07, 6.45) is -0.373. The van der Waals surface area contributed by atoms with E-state index in [-0.39, 0.29) is 34.2 Å². The number of methoxy groups -OCH3 is 2. The molecule has 0 amide bonds. The van der Waals surface area contributed by atoms with Crippen LogP contribution in [0.5, 0.6) is 5.75 Å². The highest BCUT2D eigenvalue weighted by molar-refractivity contribution is 7.89. The highest BCUT2D eigenvalue weighted by Crippen LogP contribution is 2.33. The number of carbonyl (C=O) groups is 2. The number of esters is 1. The Labute approximate surface area is 138 Å². The highest BCUT2D eigenvalue weighted by atomic mass is 35.5. The number of carboxylic acids is 1. The quantitative estimate of drug-likeness (QED) is 0.723. The molecule has 10 heteroatoms. The van der Waals surface area contributed by atoms with E-state index in [0.717, 1.165) is 17.5 Å². The Morgan fingerprint density at radius 1 is 1.30 bits per heavy atom. The first-order valence-electron chi connectivity index (χ1n) is 6.29. The lowest BCUT2D eigenvalue weighted by molar-refractivity contribution is -0.137. The van der Waals surface area contributed by atoms with Gasteiger partial charge in [0.05, 0.1) is 20.6 Å². The van der Waals surface area contributed by atoms with Gasteiger partial charge in [0, 0.05) is 18.6 Å². The van der Waals surface area contributed by atoms with Gasteiger partial charge < -0.3 is 14.6 Å². The topological polar surface area (TPSA) is 110 Å². The Morgan fingerprint density at radius 3 is 2.39 bits per heavy atom. The summed E-state index contributed by atoms with van der Waals surface area (Å²) in [5.41, 5.74) is -0.146. The van der Waals surface area contributed by atoms with E-state index >= 15 is 0 Å². The van der Waals surface area contributed by atoms with Crippen LogP contribution in [0.1, 0.15) is 16.8 Å². The summed E-state index contributed by atoms with van der Waals surface area (Å²) in [4.78, 5) is 22.0. The lowest BCUT2D eigenvalue weighted by atomic mass is 10.2. The van der Waals surface area contributed by atoms with Gasteiger partial charge in [0.15, 0.2) is 5.75 Å². The van der Waals surface area contributed by atoms with Crippen LogP contribution in [-0.4, -0.2) is 57.6 Å². The number of rotatable bonds is 7. The van der Waals surface area contributed by atoms with Crippen molar-refractivity contribution in [3.8, 4) is 5.75 Å². The average Bonchev–Trinajstić information content (AvgIpc) is 2.50. The van der Waals surface area contributed by atoms with E-state index in [4.69, 9.17) is 21.4 Å². The van der Waals surface area contributed by atoms with Gasteiger partial charge in [-0.3, -0.25) is 4.79 Å². The van der Waals surface area contributed by atoms with Crippen molar-refractivity contribution < 1.29 is 32.6 Å². The summed E-state index contributed by atoms with van der Waals surface area (Å²) in [7, 11) is -0.558. The second kappa shape index (κ2) is 7.62. The molecule has 0 aromatic heterocycles. The van der Waals surface area contributed by atoms with Crippen molar-refractivity contribution in [3.05, 3.63) is 22.7 Å². The van der Waals surface area contributed by atoms with Crippen molar-refractivity contribution >= 4 is 33.6 Å². The van der Waals surface area contributed by atoms with E-state index in [0.29, 0.717) is 0 Å². The van der Waals surface area contributed by atoms with E-state index in [1.165, 1.54) is 20.2 Å². The van der Waals surface area contributed by atoms with Gasteiger partial charge in [0.25, 0.3) is 0 Å². The predicted molar refractivity (Wildman–Crippen MR) is 81.4 cm³/mol. The third kappa shape index (κ3) is 4.34. The van der Waals surface area contributed by atoms with Crippen LogP contribution in [0.2, 0.25) is 5.02 Å². The maximum absolute atomic E-state index is 12.6. The van der Waals surface area contributed by atoms with Gasteiger partial charge in [0.1, 0.15) is 10.5 Å². The fourth-order valence-electron chi connectivity index (χ4n) is 1.77. The number of halogens is 1. The van der Waals surface area contributed by atoms with Crippen molar-refractivity contribution in [1.82, 2.24) is 4.31 Å². The van der Waals surface area contributed by atoms with E-state index in [2.05, 4.69) is 4.74 Å². The molecule has 0 heterocycles. The third-order valence-corrected chi connectivity index (χ3v) is 5.04. The van der Waals surface area contributed by atoms with E-state index in [9.17, 15) is 18.0 Å². The molecule has 0 aliphatic heterocycles. The number of hydrogen-bond donors (Lipinski definition) is 1. The first kappa shape index (κ1) is 19.2. The molecule has 1 N–H and O–H groups in total. The van der Waals surface area contributed by atoms with Crippen LogP contribution in [-0.2, 0) is 19.6 Å². The van der Waals surface area contributed by atoms with Gasteiger partial charge in [-0.05, 0) is 12.1 Å². The molecule has 0 aliphatic rings. The minimum Gasteiger partial charge on any atom is -0.494 e. The normalized spacial score (nSPS) is 11.3. The summed E-state index contributed by atoms with van der Waals surface area (Å²) < 4.78 is 35.6. The molecule has 8 nitrogen and oxygen atoms in total. The smallest absolute Gasteiger partial charge is 0.341 e. The molecule has 0 atom stereocenters. The predicted octanol–water partition coefficient (Wildman–Crippen LogP) is 1.23. The summed E-state index contributed by atoms with van der Waals surface area (Å²) in [5.74, 6) is -2.17. The fraction of sp³-hybridized carbons (Fsp3) is 0.385. The average molecular weight is 366 g/mol. The molecule has 0 aliphatic carbocycles. The van der Waals surface area contributed by atoms with E-state index in [1.54, 1.807) is 0 Å². The lowest BCUT2D eigenvalue weighted by Crippen LogP contribution is -2.30. The van der Waals surface area contributed by atoms with Gasteiger partial charge in [-0.25, -0.2) is 17.5 Å². The van der Waals surface area contributed by atoms with Crippen LogP contribution < -0.4 is 4.74 Å². The number of carboxylic acid groups (broad SMARTS) is 1. The van der Waals surface area contributed by atoms with Crippen molar-refractivity contribution in [1.29, 1.82) is 0 Å². The molecular formula is C13H16ClNO7S. The molecule has 0 bridgehead atoms. The fourth-order valence-corrected chi connectivity index (χ4v) is 3.43. The SMILES string of the molecule is COC(=O)c1cc(Cl)cc(S(=O)(=O)N(C)CCC(=O)O)c1OC. The van der Waals surface area contributed by atoms with Crippen LogP contribution in [0.3, 0.4) is 0 Å². The number of carbonyl (C=O) groups excluding carboxylic acids is 1. The Balaban J connectivity index is 3.43. The number of nitrogens with zero attached hydrogens (tertiary/aromatic N) is 1. The molecule has 0 radical (unpaired) electrons. The van der Waals surface area contributed by atoms with Gasteiger partial charge in [0.2, 0.25) is 10.0 Å². The largest absolute Gasteiger partial charge is 0.494 e. The molecule has 0 spiro atoms. The van der Waals surface area contributed by atoms with Gasteiger partial charge in [-0.1, -0.05) is 11.6 Å². The monoisotopic (exact) mass is 365 g/mol. The zero-order chi connectivity index (χ0) is 17.8. The molecule has 0 unspecified atom stereocenters. The summed E-state index contributed by atoms with van der Waals surface area (Å²) in [6, 6.07) is 2.35. The molecule has 23 heavy (non-hydrogen) atoms. The van der Waals surface area contributed by atoms with Crippen LogP contribution in [0.25, 0.3) is 0 Å². The van der Waals surface area contributed by atoms with Crippen molar-refractivity contribution in [3.63, 3.8) is 0 Å². The van der Waals surface area contributed by atoms with Crippen molar-refractivity contribution in [2.75, 3.05) is 27.8 Å². The molecule has 1 aromatic rings. The minimum atomic E-state index is -4.11. The second-order valence-corrected chi connectivity index (χ2v) is 6.90. The van der Waals surface area contributed by atoms with Crippen molar-refractivity contribution in [2.45, 2.75) is 11.3 Å². The van der Waals surface area contributed by atoms with E-state index < -0.39 is 22.0 Å². The van der Waals surface area contributed by atoms with Gasteiger partial charge >= 0.3 is 11.9 Å². The third-order valence-electron chi connectivity index (χ3n) is 2.96. The molecule has 1 rings (SSSR count). The van der Waals surface area contributed by atoms with Crippen molar-refractivity contribution in [2.24, 2.45) is 0 Å². The lowest BCUT2D eigenvalue weighted by Gasteiger charge is -2.19. The highest BCUT2D eigenvalue weighted by Gasteiger charge is 2.29. The molecular weight excluding hydrogens is 350 g/mol. The molecule has 128 valence electrons.